The minimum absolute atomic E-state index is 0.647. The van der Waals surface area contributed by atoms with E-state index in [9.17, 15) is 5.11 Å². The van der Waals surface area contributed by atoms with E-state index in [0.717, 1.165) is 48.7 Å². The average molecular weight is 308 g/mol. The van der Waals surface area contributed by atoms with Crippen molar-refractivity contribution in [2.45, 2.75) is 6.23 Å². The molecule has 1 saturated heterocycles. The van der Waals surface area contributed by atoms with E-state index < -0.39 is 6.23 Å². The van der Waals surface area contributed by atoms with Crippen molar-refractivity contribution in [3.63, 3.8) is 0 Å². The van der Waals surface area contributed by atoms with Gasteiger partial charge in [-0.2, -0.15) is 0 Å². The largest absolute Gasteiger partial charge is 0.378 e. The average Bonchev–Trinajstić information content (AvgIpc) is 2.92. The Morgan fingerprint density at radius 3 is 2.57 bits per heavy atom. The van der Waals surface area contributed by atoms with Crippen molar-refractivity contribution in [3.05, 3.63) is 59.7 Å². The van der Waals surface area contributed by atoms with Crippen LogP contribution in [0.15, 0.2) is 48.5 Å². The number of hydrogen-bond acceptors (Lipinski definition) is 4. The Morgan fingerprint density at radius 1 is 1.04 bits per heavy atom. The van der Waals surface area contributed by atoms with Crippen molar-refractivity contribution >= 4 is 23.0 Å². The van der Waals surface area contributed by atoms with E-state index in [2.05, 4.69) is 34.5 Å². The van der Waals surface area contributed by atoms with Gasteiger partial charge in [-0.15, -0.1) is 0 Å². The van der Waals surface area contributed by atoms with E-state index in [0.29, 0.717) is 0 Å². The minimum Gasteiger partial charge on any atom is -0.378 e. The third-order valence-corrected chi connectivity index (χ3v) is 4.42. The van der Waals surface area contributed by atoms with Crippen LogP contribution in [0.25, 0.3) is 11.6 Å². The zero-order chi connectivity index (χ0) is 15.6. The Bertz CT molecular complexity index is 718. The molecular weight excluding hydrogens is 288 g/mol. The summed E-state index contributed by atoms with van der Waals surface area (Å²) in [6, 6.07) is 16.5. The zero-order valence-corrected chi connectivity index (χ0v) is 12.9. The van der Waals surface area contributed by atoms with Gasteiger partial charge >= 0.3 is 0 Å². The number of hydrogen-bond donors (Lipinski definition) is 2. The molecule has 0 saturated carbocycles. The van der Waals surface area contributed by atoms with Crippen molar-refractivity contribution < 1.29 is 9.84 Å². The van der Waals surface area contributed by atoms with Crippen molar-refractivity contribution in [1.29, 1.82) is 0 Å². The van der Waals surface area contributed by atoms with Crippen molar-refractivity contribution in [2.24, 2.45) is 0 Å². The van der Waals surface area contributed by atoms with Gasteiger partial charge in [0, 0.05) is 35.6 Å². The van der Waals surface area contributed by atoms with E-state index >= 15 is 0 Å². The minimum atomic E-state index is -0.647. The molecule has 0 aromatic heterocycles. The number of fused-ring (bicyclic) bond motifs is 1. The summed E-state index contributed by atoms with van der Waals surface area (Å²) >= 11 is 0. The predicted molar refractivity (Wildman–Crippen MR) is 93.4 cm³/mol. The van der Waals surface area contributed by atoms with Crippen LogP contribution in [0.3, 0.4) is 0 Å². The molecule has 2 aromatic rings. The summed E-state index contributed by atoms with van der Waals surface area (Å²) in [4.78, 5) is 2.34. The van der Waals surface area contributed by atoms with E-state index in [1.54, 1.807) is 0 Å². The Balaban J connectivity index is 1.59. The fourth-order valence-corrected chi connectivity index (χ4v) is 3.17. The molecule has 23 heavy (non-hydrogen) atoms. The molecule has 2 aliphatic rings. The number of nitrogens with one attached hydrogen (secondary N) is 1. The molecule has 4 nitrogen and oxygen atoms in total. The van der Waals surface area contributed by atoms with Crippen LogP contribution < -0.4 is 10.2 Å². The number of rotatable bonds is 2. The summed E-state index contributed by atoms with van der Waals surface area (Å²) in [6.07, 6.45) is 1.40. The lowest BCUT2D eigenvalue weighted by Crippen LogP contribution is -2.36. The van der Waals surface area contributed by atoms with Crippen molar-refractivity contribution in [1.82, 2.24) is 0 Å². The van der Waals surface area contributed by atoms with Crippen LogP contribution in [0.2, 0.25) is 0 Å². The fraction of sp³-hybridized carbons (Fsp3) is 0.263. The highest BCUT2D eigenvalue weighted by molar-refractivity contribution is 5.94. The monoisotopic (exact) mass is 308 g/mol. The molecule has 0 aliphatic carbocycles. The Labute approximate surface area is 136 Å². The molecule has 2 N–H and O–H groups in total. The first-order chi connectivity index (χ1) is 11.3. The number of anilines is 2. The van der Waals surface area contributed by atoms with Crippen LogP contribution in [0.5, 0.6) is 0 Å². The third-order valence-electron chi connectivity index (χ3n) is 4.42. The van der Waals surface area contributed by atoms with E-state index in [4.69, 9.17) is 4.74 Å². The number of para-hydroxylation sites is 1. The normalized spacial score (nSPS) is 22.0. The van der Waals surface area contributed by atoms with Crippen LogP contribution in [-0.2, 0) is 4.74 Å². The Kier molecular flexibility index (Phi) is 3.77. The molecule has 118 valence electrons. The number of morpholine rings is 1. The lowest BCUT2D eigenvalue weighted by Gasteiger charge is -2.28. The summed E-state index contributed by atoms with van der Waals surface area (Å²) in [5, 5.41) is 13.3. The molecule has 0 radical (unpaired) electrons. The van der Waals surface area contributed by atoms with Crippen LogP contribution >= 0.6 is 0 Å². The molecule has 4 heteroatoms. The van der Waals surface area contributed by atoms with Crippen LogP contribution in [0.1, 0.15) is 11.1 Å². The summed E-state index contributed by atoms with van der Waals surface area (Å²) in [5.41, 5.74) is 5.28. The summed E-state index contributed by atoms with van der Waals surface area (Å²) in [6.45, 7) is 3.47. The van der Waals surface area contributed by atoms with Gasteiger partial charge in [0.2, 0.25) is 0 Å². The molecular formula is C19H20N2O2. The lowest BCUT2D eigenvalue weighted by atomic mass is 10.0. The quantitative estimate of drug-likeness (QED) is 0.895. The molecule has 0 bridgehead atoms. The molecule has 2 aliphatic heterocycles. The number of aliphatic hydroxyl groups excluding tert-OH is 1. The summed E-state index contributed by atoms with van der Waals surface area (Å²) < 4.78 is 5.39. The van der Waals surface area contributed by atoms with Gasteiger partial charge in [0.15, 0.2) is 6.23 Å². The molecule has 2 aromatic carbocycles. The van der Waals surface area contributed by atoms with Gasteiger partial charge in [-0.1, -0.05) is 30.3 Å². The molecule has 1 atom stereocenters. The SMILES string of the molecule is OC1Nc2ccccc2/C1=C/c1ccc(N2CCOCC2)cc1. The number of nitrogens with zero attached hydrogens (tertiary/aromatic N) is 1. The topological polar surface area (TPSA) is 44.7 Å². The van der Waals surface area contributed by atoms with E-state index in [-0.39, 0.29) is 0 Å². The first-order valence-electron chi connectivity index (χ1n) is 8.00. The number of aliphatic hydroxyl groups is 1. The van der Waals surface area contributed by atoms with Crippen LogP contribution in [0, 0.1) is 0 Å². The highest BCUT2D eigenvalue weighted by atomic mass is 16.5. The maximum Gasteiger partial charge on any atom is 0.151 e. The number of ether oxygens (including phenoxy) is 1. The van der Waals surface area contributed by atoms with Crippen LogP contribution in [0.4, 0.5) is 11.4 Å². The Morgan fingerprint density at radius 2 is 1.78 bits per heavy atom. The number of benzene rings is 2. The van der Waals surface area contributed by atoms with Gasteiger partial charge in [0.25, 0.3) is 0 Å². The van der Waals surface area contributed by atoms with Gasteiger partial charge < -0.3 is 20.1 Å². The highest BCUT2D eigenvalue weighted by Gasteiger charge is 2.23. The Hall–Kier alpha value is -2.30. The van der Waals surface area contributed by atoms with Gasteiger partial charge in [-0.3, -0.25) is 0 Å². The van der Waals surface area contributed by atoms with Crippen molar-refractivity contribution in [2.75, 3.05) is 36.5 Å². The first kappa shape index (κ1) is 14.3. The van der Waals surface area contributed by atoms with Gasteiger partial charge in [-0.25, -0.2) is 0 Å². The highest BCUT2D eigenvalue weighted by Crippen LogP contribution is 2.35. The van der Waals surface area contributed by atoms with Gasteiger partial charge in [0.1, 0.15) is 0 Å². The second-order valence-corrected chi connectivity index (χ2v) is 5.88. The van der Waals surface area contributed by atoms with Gasteiger partial charge in [0.05, 0.1) is 13.2 Å². The molecule has 1 fully saturated rings. The van der Waals surface area contributed by atoms with Gasteiger partial charge in [-0.05, 0) is 29.8 Å². The standard InChI is InChI=1S/C19H20N2O2/c22-19-17(16-3-1-2-4-18(16)20-19)13-14-5-7-15(8-6-14)21-9-11-23-12-10-21/h1-8,13,19-20,22H,9-12H2/b17-13-. The van der Waals surface area contributed by atoms with E-state index in [1.165, 1.54) is 5.69 Å². The molecule has 2 heterocycles. The van der Waals surface area contributed by atoms with E-state index in [1.807, 2.05) is 30.3 Å². The first-order valence-corrected chi connectivity index (χ1v) is 8.00. The van der Waals surface area contributed by atoms with Crippen LogP contribution in [-0.4, -0.2) is 37.6 Å². The summed E-state index contributed by atoms with van der Waals surface area (Å²) in [7, 11) is 0. The molecule has 0 amide bonds. The predicted octanol–water partition coefficient (Wildman–Crippen LogP) is 2.81. The molecule has 0 spiro atoms. The lowest BCUT2D eigenvalue weighted by molar-refractivity contribution is 0.122. The second kappa shape index (κ2) is 6.07. The molecule has 4 rings (SSSR count). The smallest absolute Gasteiger partial charge is 0.151 e. The molecule has 1 unspecified atom stereocenters. The maximum absolute atomic E-state index is 10.2. The maximum atomic E-state index is 10.2. The summed E-state index contributed by atoms with van der Waals surface area (Å²) in [5.74, 6) is 0. The zero-order valence-electron chi connectivity index (χ0n) is 12.9. The third kappa shape index (κ3) is 2.83. The fourth-order valence-electron chi connectivity index (χ4n) is 3.17. The van der Waals surface area contributed by atoms with Crippen molar-refractivity contribution in [3.8, 4) is 0 Å². The second-order valence-electron chi connectivity index (χ2n) is 5.88.